The molecule has 1 aromatic carbocycles. The lowest BCUT2D eigenvalue weighted by molar-refractivity contribution is -0.116. The third-order valence-electron chi connectivity index (χ3n) is 4.70. The molecule has 0 saturated carbocycles. The summed E-state index contributed by atoms with van der Waals surface area (Å²) >= 11 is 0. The Morgan fingerprint density at radius 1 is 1.07 bits per heavy atom. The van der Waals surface area contributed by atoms with Crippen LogP contribution in [0.4, 0.5) is 5.69 Å². The summed E-state index contributed by atoms with van der Waals surface area (Å²) in [6.45, 7) is 4.02. The molecule has 0 fully saturated rings. The minimum Gasteiger partial charge on any atom is -0.454 e. The van der Waals surface area contributed by atoms with Gasteiger partial charge in [-0.15, -0.1) is 0 Å². The number of benzene rings is 1. The van der Waals surface area contributed by atoms with Crippen LogP contribution in [0.1, 0.15) is 27.4 Å². The van der Waals surface area contributed by atoms with Gasteiger partial charge in [0.1, 0.15) is 5.76 Å². The molecule has 1 N–H and O–H groups in total. The number of carbonyl (C=O) groups is 2. The number of aryl methyl sites for hydroxylation is 1. The average Bonchev–Trinajstić information content (AvgIpc) is 3.15. The fourth-order valence-electron chi connectivity index (χ4n) is 2.89. The van der Waals surface area contributed by atoms with Crippen LogP contribution in [0, 0.1) is 13.8 Å². The smallest absolute Gasteiger partial charge is 0.289 e. The molecule has 150 valence electrons. The van der Waals surface area contributed by atoms with Crippen LogP contribution in [-0.2, 0) is 11.3 Å². The predicted octanol–water partition coefficient (Wildman–Crippen LogP) is 2.82. The Bertz CT molecular complexity index is 1100. The molecule has 0 saturated heterocycles. The number of likely N-dealkylation sites (N-methyl/N-ethyl adjacent to an activating group) is 1. The van der Waals surface area contributed by atoms with E-state index in [0.717, 1.165) is 16.8 Å². The van der Waals surface area contributed by atoms with Crippen molar-refractivity contribution < 1.29 is 14.0 Å². The van der Waals surface area contributed by atoms with Crippen molar-refractivity contribution in [1.82, 2.24) is 9.47 Å². The van der Waals surface area contributed by atoms with Crippen molar-refractivity contribution in [3.63, 3.8) is 0 Å². The van der Waals surface area contributed by atoms with Gasteiger partial charge in [0, 0.05) is 25.0 Å². The molecule has 0 unspecified atom stereocenters. The summed E-state index contributed by atoms with van der Waals surface area (Å²) in [5.41, 5.74) is 2.64. The number of hydrogen-bond acceptors (Lipinski definition) is 4. The van der Waals surface area contributed by atoms with E-state index in [0.29, 0.717) is 5.76 Å². The lowest BCUT2D eigenvalue weighted by atomic mass is 10.1. The quantitative estimate of drug-likeness (QED) is 0.698. The van der Waals surface area contributed by atoms with E-state index in [2.05, 4.69) is 5.32 Å². The molecule has 3 rings (SSSR count). The second-order valence-corrected chi connectivity index (χ2v) is 6.89. The molecule has 2 aromatic heterocycles. The van der Waals surface area contributed by atoms with Crippen LogP contribution < -0.4 is 10.9 Å². The van der Waals surface area contributed by atoms with Crippen LogP contribution >= 0.6 is 0 Å². The SMILES string of the molecule is Cc1cccc(NC(=O)CN(C)C(=O)c2ccc(Cn3ccccc3=O)o2)c1C. The van der Waals surface area contributed by atoms with Crippen LogP contribution in [0.25, 0.3) is 0 Å². The molecule has 0 aliphatic carbocycles. The first kappa shape index (κ1) is 20.1. The molecule has 0 aliphatic rings. The fourth-order valence-corrected chi connectivity index (χ4v) is 2.89. The second-order valence-electron chi connectivity index (χ2n) is 6.89. The Hall–Kier alpha value is -3.61. The van der Waals surface area contributed by atoms with E-state index < -0.39 is 5.91 Å². The van der Waals surface area contributed by atoms with E-state index in [1.807, 2.05) is 32.0 Å². The number of carbonyl (C=O) groups excluding carboxylic acids is 2. The number of aromatic nitrogens is 1. The summed E-state index contributed by atoms with van der Waals surface area (Å²) in [7, 11) is 1.54. The van der Waals surface area contributed by atoms with E-state index in [1.54, 1.807) is 30.5 Å². The van der Waals surface area contributed by atoms with Crippen molar-refractivity contribution in [3.8, 4) is 0 Å². The Labute approximate surface area is 168 Å². The number of rotatable bonds is 6. The summed E-state index contributed by atoms with van der Waals surface area (Å²) in [4.78, 5) is 38.0. The number of hydrogen-bond donors (Lipinski definition) is 1. The van der Waals surface area contributed by atoms with Crippen molar-refractivity contribution in [2.24, 2.45) is 0 Å². The molecule has 0 radical (unpaired) electrons. The zero-order valence-electron chi connectivity index (χ0n) is 16.6. The number of anilines is 1. The van der Waals surface area contributed by atoms with Gasteiger partial charge in [0.25, 0.3) is 11.5 Å². The number of furan rings is 1. The minimum atomic E-state index is -0.409. The van der Waals surface area contributed by atoms with Crippen LogP contribution in [0.5, 0.6) is 0 Å². The Morgan fingerprint density at radius 2 is 1.86 bits per heavy atom. The lowest BCUT2D eigenvalue weighted by Crippen LogP contribution is -2.34. The summed E-state index contributed by atoms with van der Waals surface area (Å²) < 4.78 is 7.06. The maximum Gasteiger partial charge on any atom is 0.289 e. The van der Waals surface area contributed by atoms with Gasteiger partial charge in [-0.25, -0.2) is 0 Å². The molecule has 0 atom stereocenters. The first-order valence-electron chi connectivity index (χ1n) is 9.21. The van der Waals surface area contributed by atoms with E-state index in [-0.39, 0.29) is 30.3 Å². The molecule has 29 heavy (non-hydrogen) atoms. The number of nitrogens with zero attached hydrogens (tertiary/aromatic N) is 2. The zero-order chi connectivity index (χ0) is 21.0. The normalized spacial score (nSPS) is 10.6. The van der Waals surface area contributed by atoms with Gasteiger partial charge < -0.3 is 19.2 Å². The molecule has 3 aromatic rings. The van der Waals surface area contributed by atoms with Crippen LogP contribution in [-0.4, -0.2) is 34.9 Å². The van der Waals surface area contributed by atoms with Gasteiger partial charge in [-0.3, -0.25) is 14.4 Å². The third kappa shape index (κ3) is 4.82. The van der Waals surface area contributed by atoms with Gasteiger partial charge in [0.2, 0.25) is 5.91 Å². The molecular weight excluding hydrogens is 370 g/mol. The molecule has 2 heterocycles. The highest BCUT2D eigenvalue weighted by Crippen LogP contribution is 2.18. The first-order chi connectivity index (χ1) is 13.8. The molecular formula is C22H23N3O4. The largest absolute Gasteiger partial charge is 0.454 e. The molecule has 0 aliphatic heterocycles. The minimum absolute atomic E-state index is 0.111. The standard InChI is InChI=1S/C22H23N3O4/c1-15-7-6-8-18(16(15)2)23-20(26)14-24(3)22(28)19-11-10-17(29-19)13-25-12-5-4-9-21(25)27/h4-12H,13-14H2,1-3H3,(H,23,26). The third-order valence-corrected chi connectivity index (χ3v) is 4.70. The van der Waals surface area contributed by atoms with Crippen LogP contribution in [0.3, 0.4) is 0 Å². The lowest BCUT2D eigenvalue weighted by Gasteiger charge is -2.16. The average molecular weight is 393 g/mol. The van der Waals surface area contributed by atoms with Gasteiger partial charge in [-0.05, 0) is 49.2 Å². The zero-order valence-corrected chi connectivity index (χ0v) is 16.6. The monoisotopic (exact) mass is 393 g/mol. The number of nitrogens with one attached hydrogen (secondary N) is 1. The van der Waals surface area contributed by atoms with Gasteiger partial charge in [0.05, 0.1) is 13.1 Å². The van der Waals surface area contributed by atoms with Gasteiger partial charge in [-0.1, -0.05) is 18.2 Å². The van der Waals surface area contributed by atoms with Crippen molar-refractivity contribution in [3.05, 3.63) is 87.7 Å². The van der Waals surface area contributed by atoms with E-state index >= 15 is 0 Å². The number of amides is 2. The summed E-state index contributed by atoms with van der Waals surface area (Å²) in [5.74, 6) is -0.106. The molecule has 0 spiro atoms. The van der Waals surface area contributed by atoms with E-state index in [1.165, 1.54) is 22.6 Å². The van der Waals surface area contributed by atoms with E-state index in [9.17, 15) is 14.4 Å². The van der Waals surface area contributed by atoms with Crippen LogP contribution in [0.15, 0.2) is 63.9 Å². The maximum atomic E-state index is 12.6. The topological polar surface area (TPSA) is 84.5 Å². The fraction of sp³-hybridized carbons (Fsp3) is 0.227. The number of pyridine rings is 1. The first-order valence-corrected chi connectivity index (χ1v) is 9.21. The van der Waals surface area contributed by atoms with Gasteiger partial charge >= 0.3 is 0 Å². The Morgan fingerprint density at radius 3 is 2.62 bits per heavy atom. The highest BCUT2D eigenvalue weighted by molar-refractivity contribution is 5.98. The van der Waals surface area contributed by atoms with Gasteiger partial charge in [0.15, 0.2) is 5.76 Å². The van der Waals surface area contributed by atoms with Gasteiger partial charge in [-0.2, -0.15) is 0 Å². The highest BCUT2D eigenvalue weighted by atomic mass is 16.4. The maximum absolute atomic E-state index is 12.6. The molecule has 2 amide bonds. The highest BCUT2D eigenvalue weighted by Gasteiger charge is 2.19. The Balaban J connectivity index is 1.62. The molecule has 0 bridgehead atoms. The second kappa shape index (κ2) is 8.60. The summed E-state index contributed by atoms with van der Waals surface area (Å²) in [6.07, 6.45) is 1.65. The Kier molecular flexibility index (Phi) is 5.97. The van der Waals surface area contributed by atoms with Crippen LogP contribution in [0.2, 0.25) is 0 Å². The summed E-state index contributed by atoms with van der Waals surface area (Å²) in [6, 6.07) is 13.7. The predicted molar refractivity (Wildman–Crippen MR) is 110 cm³/mol. The van der Waals surface area contributed by atoms with E-state index in [4.69, 9.17) is 4.42 Å². The molecule has 7 heteroatoms. The summed E-state index contributed by atoms with van der Waals surface area (Å²) in [5, 5.41) is 2.83. The molecule has 7 nitrogen and oxygen atoms in total. The van der Waals surface area contributed by atoms with Crippen molar-refractivity contribution >= 4 is 17.5 Å². The van der Waals surface area contributed by atoms with Crippen molar-refractivity contribution in [1.29, 1.82) is 0 Å². The van der Waals surface area contributed by atoms with Crippen molar-refractivity contribution in [2.75, 3.05) is 18.9 Å². The van der Waals surface area contributed by atoms with Crippen molar-refractivity contribution in [2.45, 2.75) is 20.4 Å².